The van der Waals surface area contributed by atoms with Crippen LogP contribution in [-0.4, -0.2) is 17.4 Å². The Labute approximate surface area is 86.8 Å². The van der Waals surface area contributed by atoms with Crippen molar-refractivity contribution in [2.24, 2.45) is 5.73 Å². The molecular weight excluding hydrogens is 202 g/mol. The van der Waals surface area contributed by atoms with Crippen molar-refractivity contribution in [1.82, 2.24) is 4.98 Å². The van der Waals surface area contributed by atoms with Crippen molar-refractivity contribution in [1.29, 1.82) is 0 Å². The van der Waals surface area contributed by atoms with Crippen LogP contribution in [0.2, 0.25) is 0 Å². The van der Waals surface area contributed by atoms with Crippen LogP contribution in [0.4, 0.5) is 5.82 Å². The van der Waals surface area contributed by atoms with Crippen molar-refractivity contribution in [3.05, 3.63) is 35.5 Å². The lowest BCUT2D eigenvalue weighted by Crippen LogP contribution is -2.11. The van der Waals surface area contributed by atoms with Gasteiger partial charge in [-0.2, -0.15) is 0 Å². The molecule has 0 radical (unpaired) electrons. The number of nitrogens with two attached hydrogens (primary N) is 1. The van der Waals surface area contributed by atoms with Gasteiger partial charge >= 0.3 is 0 Å². The number of pyridine rings is 1. The van der Waals surface area contributed by atoms with E-state index in [2.05, 4.69) is 16.9 Å². The Morgan fingerprint density at radius 3 is 2.79 bits per heavy atom. The summed E-state index contributed by atoms with van der Waals surface area (Å²) in [5.74, 6) is 0.127. The highest BCUT2D eigenvalue weighted by Crippen LogP contribution is 2.06. The number of amides is 1. The standard InChI is InChI=1S/C9H10ClN3O/c1-6(10)4-12-8-3-2-7(5-13-8)9(11)14/h2-3,5H,1,4H2,(H2,11,14)(H,12,13). The molecule has 4 nitrogen and oxygen atoms in total. The highest BCUT2D eigenvalue weighted by molar-refractivity contribution is 6.29. The summed E-state index contributed by atoms with van der Waals surface area (Å²) in [5.41, 5.74) is 5.43. The van der Waals surface area contributed by atoms with Crippen LogP contribution in [-0.2, 0) is 0 Å². The van der Waals surface area contributed by atoms with Crippen LogP contribution in [0.3, 0.4) is 0 Å². The zero-order valence-corrected chi connectivity index (χ0v) is 8.21. The van der Waals surface area contributed by atoms with Crippen molar-refractivity contribution in [3.63, 3.8) is 0 Å². The van der Waals surface area contributed by atoms with E-state index < -0.39 is 5.91 Å². The van der Waals surface area contributed by atoms with Crippen LogP contribution < -0.4 is 11.1 Å². The molecule has 1 rings (SSSR count). The molecule has 0 bridgehead atoms. The minimum atomic E-state index is -0.495. The van der Waals surface area contributed by atoms with Crippen molar-refractivity contribution in [2.75, 3.05) is 11.9 Å². The second-order valence-corrected chi connectivity index (χ2v) is 3.20. The van der Waals surface area contributed by atoms with Crippen LogP contribution >= 0.6 is 11.6 Å². The third-order valence-corrected chi connectivity index (χ3v) is 1.64. The molecule has 1 amide bonds. The summed E-state index contributed by atoms with van der Waals surface area (Å²) in [5, 5.41) is 3.41. The third-order valence-electron chi connectivity index (χ3n) is 1.51. The van der Waals surface area contributed by atoms with E-state index in [0.717, 1.165) is 0 Å². The minimum Gasteiger partial charge on any atom is -0.366 e. The predicted molar refractivity (Wildman–Crippen MR) is 56.2 cm³/mol. The van der Waals surface area contributed by atoms with Gasteiger partial charge in [-0.05, 0) is 12.1 Å². The van der Waals surface area contributed by atoms with Gasteiger partial charge in [-0.1, -0.05) is 18.2 Å². The van der Waals surface area contributed by atoms with E-state index in [9.17, 15) is 4.79 Å². The lowest BCUT2D eigenvalue weighted by molar-refractivity contribution is 0.1000. The molecule has 0 fully saturated rings. The van der Waals surface area contributed by atoms with Crippen LogP contribution in [0, 0.1) is 0 Å². The second-order valence-electron chi connectivity index (χ2n) is 2.67. The maximum Gasteiger partial charge on any atom is 0.250 e. The number of anilines is 1. The first-order valence-electron chi connectivity index (χ1n) is 3.92. The van der Waals surface area contributed by atoms with Gasteiger partial charge in [0.15, 0.2) is 0 Å². The van der Waals surface area contributed by atoms with Crippen LogP contribution in [0.1, 0.15) is 10.4 Å². The number of primary amides is 1. The normalized spacial score (nSPS) is 9.50. The van der Waals surface area contributed by atoms with E-state index in [1.165, 1.54) is 6.20 Å². The molecule has 14 heavy (non-hydrogen) atoms. The monoisotopic (exact) mass is 211 g/mol. The number of carbonyl (C=O) groups is 1. The largest absolute Gasteiger partial charge is 0.366 e. The van der Waals surface area contributed by atoms with E-state index in [4.69, 9.17) is 17.3 Å². The number of hydrogen-bond donors (Lipinski definition) is 2. The topological polar surface area (TPSA) is 68.0 Å². The molecule has 0 saturated heterocycles. The summed E-state index contributed by atoms with van der Waals surface area (Å²) in [4.78, 5) is 14.7. The Kier molecular flexibility index (Phi) is 3.48. The SMILES string of the molecule is C=C(Cl)CNc1ccc(C(N)=O)cn1. The van der Waals surface area contributed by atoms with Gasteiger partial charge in [0.1, 0.15) is 5.82 Å². The highest BCUT2D eigenvalue weighted by Gasteiger charge is 2.00. The molecule has 0 unspecified atom stereocenters. The molecule has 0 aliphatic rings. The summed E-state index contributed by atoms with van der Waals surface area (Å²) in [6, 6.07) is 3.24. The quantitative estimate of drug-likeness (QED) is 0.790. The van der Waals surface area contributed by atoms with Gasteiger partial charge in [0.25, 0.3) is 0 Å². The summed E-state index contributed by atoms with van der Waals surface area (Å²) in [6.45, 7) is 3.95. The average Bonchev–Trinajstić information content (AvgIpc) is 2.15. The maximum atomic E-state index is 10.7. The average molecular weight is 212 g/mol. The van der Waals surface area contributed by atoms with Crippen molar-refractivity contribution < 1.29 is 4.79 Å². The molecule has 0 aliphatic carbocycles. The van der Waals surface area contributed by atoms with Crippen LogP contribution in [0.25, 0.3) is 0 Å². The zero-order chi connectivity index (χ0) is 10.6. The highest BCUT2D eigenvalue weighted by atomic mass is 35.5. The van der Waals surface area contributed by atoms with Crippen molar-refractivity contribution in [3.8, 4) is 0 Å². The van der Waals surface area contributed by atoms with E-state index in [1.54, 1.807) is 12.1 Å². The van der Waals surface area contributed by atoms with E-state index in [-0.39, 0.29) is 0 Å². The fraction of sp³-hybridized carbons (Fsp3) is 0.111. The number of nitrogens with one attached hydrogen (secondary N) is 1. The molecule has 0 saturated carbocycles. The molecule has 0 aliphatic heterocycles. The number of nitrogens with zero attached hydrogens (tertiary/aromatic N) is 1. The predicted octanol–water partition coefficient (Wildman–Crippen LogP) is 1.34. The van der Waals surface area contributed by atoms with E-state index >= 15 is 0 Å². The first kappa shape index (κ1) is 10.5. The third kappa shape index (κ3) is 3.06. The fourth-order valence-electron chi connectivity index (χ4n) is 0.831. The van der Waals surface area contributed by atoms with Gasteiger partial charge < -0.3 is 11.1 Å². The fourth-order valence-corrected chi connectivity index (χ4v) is 0.897. The molecule has 5 heteroatoms. The molecular formula is C9H10ClN3O. The number of carbonyl (C=O) groups excluding carboxylic acids is 1. The summed E-state index contributed by atoms with van der Waals surface area (Å²) >= 11 is 5.55. The second kappa shape index (κ2) is 4.62. The van der Waals surface area contributed by atoms with Gasteiger partial charge in [-0.3, -0.25) is 4.79 Å². The lowest BCUT2D eigenvalue weighted by atomic mass is 10.3. The lowest BCUT2D eigenvalue weighted by Gasteiger charge is -2.03. The molecule has 0 atom stereocenters. The van der Waals surface area contributed by atoms with Gasteiger partial charge in [-0.15, -0.1) is 0 Å². The number of halogens is 1. The molecule has 74 valence electrons. The molecule has 0 spiro atoms. The van der Waals surface area contributed by atoms with Gasteiger partial charge in [0, 0.05) is 11.2 Å². The van der Waals surface area contributed by atoms with Crippen molar-refractivity contribution >= 4 is 23.3 Å². The Morgan fingerprint density at radius 2 is 2.36 bits per heavy atom. The molecule has 0 aromatic carbocycles. The molecule has 3 N–H and O–H groups in total. The number of hydrogen-bond acceptors (Lipinski definition) is 3. The maximum absolute atomic E-state index is 10.7. The first-order valence-corrected chi connectivity index (χ1v) is 4.30. The number of aromatic nitrogens is 1. The first-order chi connectivity index (χ1) is 6.59. The van der Waals surface area contributed by atoms with Crippen molar-refractivity contribution in [2.45, 2.75) is 0 Å². The van der Waals surface area contributed by atoms with Crippen LogP contribution in [0.15, 0.2) is 29.9 Å². The summed E-state index contributed by atoms with van der Waals surface area (Å²) < 4.78 is 0. The Balaban J connectivity index is 2.64. The zero-order valence-electron chi connectivity index (χ0n) is 7.46. The van der Waals surface area contributed by atoms with Gasteiger partial charge in [0.2, 0.25) is 5.91 Å². The Bertz CT molecular complexity index is 348. The van der Waals surface area contributed by atoms with Gasteiger partial charge in [0.05, 0.1) is 12.1 Å². The molecule has 1 aromatic heterocycles. The Morgan fingerprint density at radius 1 is 1.64 bits per heavy atom. The van der Waals surface area contributed by atoms with E-state index in [0.29, 0.717) is 23.0 Å². The molecule has 1 heterocycles. The number of rotatable bonds is 4. The van der Waals surface area contributed by atoms with E-state index in [1.807, 2.05) is 0 Å². The summed E-state index contributed by atoms with van der Waals surface area (Å²) in [6.07, 6.45) is 1.40. The smallest absolute Gasteiger partial charge is 0.250 e. The Hall–Kier alpha value is -1.55. The van der Waals surface area contributed by atoms with Crippen LogP contribution in [0.5, 0.6) is 0 Å². The summed E-state index contributed by atoms with van der Waals surface area (Å²) in [7, 11) is 0. The van der Waals surface area contributed by atoms with Gasteiger partial charge in [-0.25, -0.2) is 4.98 Å². The molecule has 1 aromatic rings. The minimum absolute atomic E-state index is 0.375.